The van der Waals surface area contributed by atoms with Gasteiger partial charge in [0, 0.05) is 18.7 Å². The monoisotopic (exact) mass is 272 g/mol. The van der Waals surface area contributed by atoms with E-state index in [9.17, 15) is 14.9 Å². The highest BCUT2D eigenvalue weighted by atomic mass is 35.5. The summed E-state index contributed by atoms with van der Waals surface area (Å²) in [5.41, 5.74) is 0.387. The number of hydrogen-bond acceptors (Lipinski definition) is 4. The van der Waals surface area contributed by atoms with Crippen LogP contribution >= 0.6 is 11.6 Å². The Bertz CT molecular complexity index is 462. The lowest BCUT2D eigenvalue weighted by Crippen LogP contribution is -2.31. The standard InChI is InChI=1S/C11H13ClN2O4/c1-7(15)6-13-11(16)4-8-2-3-9(14(17)18)5-10(8)12/h2-3,5,7,15H,4,6H2,1H3,(H,13,16). The van der Waals surface area contributed by atoms with E-state index < -0.39 is 11.0 Å². The molecule has 0 spiro atoms. The zero-order valence-corrected chi connectivity index (χ0v) is 10.5. The van der Waals surface area contributed by atoms with Gasteiger partial charge in [-0.15, -0.1) is 0 Å². The number of benzene rings is 1. The van der Waals surface area contributed by atoms with Crippen molar-refractivity contribution < 1.29 is 14.8 Å². The molecule has 18 heavy (non-hydrogen) atoms. The average Bonchev–Trinajstić information content (AvgIpc) is 2.29. The summed E-state index contributed by atoms with van der Waals surface area (Å²) < 4.78 is 0. The third kappa shape index (κ3) is 4.31. The summed E-state index contributed by atoms with van der Waals surface area (Å²) in [4.78, 5) is 21.4. The van der Waals surface area contributed by atoms with Gasteiger partial charge in [0.15, 0.2) is 0 Å². The highest BCUT2D eigenvalue weighted by Crippen LogP contribution is 2.22. The van der Waals surface area contributed by atoms with Gasteiger partial charge in [-0.1, -0.05) is 17.7 Å². The molecule has 1 unspecified atom stereocenters. The Labute approximate surface area is 109 Å². The number of aliphatic hydroxyl groups is 1. The van der Waals surface area contributed by atoms with E-state index in [1.54, 1.807) is 6.92 Å². The molecule has 1 rings (SSSR count). The van der Waals surface area contributed by atoms with Crippen molar-refractivity contribution in [3.8, 4) is 0 Å². The molecule has 0 saturated heterocycles. The summed E-state index contributed by atoms with van der Waals surface area (Å²) in [7, 11) is 0. The van der Waals surface area contributed by atoms with Crippen LogP contribution in [0.1, 0.15) is 12.5 Å². The first-order chi connectivity index (χ1) is 8.40. The SMILES string of the molecule is CC(O)CNC(=O)Cc1ccc([N+](=O)[O-])cc1Cl. The highest BCUT2D eigenvalue weighted by molar-refractivity contribution is 6.31. The minimum atomic E-state index is -0.624. The van der Waals surface area contributed by atoms with Gasteiger partial charge in [0.1, 0.15) is 0 Å². The van der Waals surface area contributed by atoms with Gasteiger partial charge < -0.3 is 10.4 Å². The molecule has 0 aliphatic carbocycles. The molecule has 1 aromatic rings. The van der Waals surface area contributed by atoms with Gasteiger partial charge in [-0.05, 0) is 12.5 Å². The van der Waals surface area contributed by atoms with E-state index in [0.717, 1.165) is 0 Å². The van der Waals surface area contributed by atoms with Crippen molar-refractivity contribution >= 4 is 23.2 Å². The number of rotatable bonds is 5. The van der Waals surface area contributed by atoms with Gasteiger partial charge in [0.25, 0.3) is 5.69 Å². The van der Waals surface area contributed by atoms with Crippen LogP contribution in [-0.4, -0.2) is 28.6 Å². The number of nitrogens with one attached hydrogen (secondary N) is 1. The number of amides is 1. The van der Waals surface area contributed by atoms with Crippen molar-refractivity contribution in [3.63, 3.8) is 0 Å². The van der Waals surface area contributed by atoms with Crippen molar-refractivity contribution in [2.24, 2.45) is 0 Å². The van der Waals surface area contributed by atoms with Gasteiger partial charge in [-0.3, -0.25) is 14.9 Å². The Morgan fingerprint density at radius 2 is 2.28 bits per heavy atom. The number of carbonyl (C=O) groups is 1. The van der Waals surface area contributed by atoms with Crippen LogP contribution in [0.4, 0.5) is 5.69 Å². The molecule has 2 N–H and O–H groups in total. The lowest BCUT2D eigenvalue weighted by molar-refractivity contribution is -0.384. The van der Waals surface area contributed by atoms with Gasteiger partial charge in [-0.25, -0.2) is 0 Å². The highest BCUT2D eigenvalue weighted by Gasteiger charge is 2.12. The Balaban J connectivity index is 2.68. The topological polar surface area (TPSA) is 92.5 Å². The number of hydrogen-bond donors (Lipinski definition) is 2. The molecule has 0 saturated carbocycles. The second-order valence-corrected chi connectivity index (χ2v) is 4.27. The number of nitro benzene ring substituents is 1. The fourth-order valence-electron chi connectivity index (χ4n) is 1.29. The zero-order chi connectivity index (χ0) is 13.7. The van der Waals surface area contributed by atoms with Gasteiger partial charge >= 0.3 is 0 Å². The van der Waals surface area contributed by atoms with Gasteiger partial charge in [0.2, 0.25) is 5.91 Å². The molecule has 1 atom stereocenters. The van der Waals surface area contributed by atoms with Crippen molar-refractivity contribution in [3.05, 3.63) is 38.9 Å². The number of halogens is 1. The smallest absolute Gasteiger partial charge is 0.270 e. The quantitative estimate of drug-likeness (QED) is 0.624. The summed E-state index contributed by atoms with van der Waals surface area (Å²) in [6.45, 7) is 1.71. The first-order valence-electron chi connectivity index (χ1n) is 5.27. The van der Waals surface area contributed by atoms with E-state index in [4.69, 9.17) is 16.7 Å². The first-order valence-corrected chi connectivity index (χ1v) is 5.65. The molecule has 1 amide bonds. The van der Waals surface area contributed by atoms with Crippen molar-refractivity contribution in [1.82, 2.24) is 5.32 Å². The maximum absolute atomic E-state index is 11.5. The van der Waals surface area contributed by atoms with Gasteiger partial charge in [0.05, 0.1) is 22.5 Å². The predicted octanol–water partition coefficient (Wildman–Crippen LogP) is 1.29. The molecule has 0 fully saturated rings. The van der Waals surface area contributed by atoms with Crippen LogP contribution in [0.15, 0.2) is 18.2 Å². The number of nitrogens with zero attached hydrogens (tertiary/aromatic N) is 1. The van der Waals surface area contributed by atoms with Gasteiger partial charge in [-0.2, -0.15) is 0 Å². The zero-order valence-electron chi connectivity index (χ0n) is 9.72. The molecule has 1 aromatic carbocycles. The largest absolute Gasteiger partial charge is 0.392 e. The fraction of sp³-hybridized carbons (Fsp3) is 0.364. The fourth-order valence-corrected chi connectivity index (χ4v) is 1.53. The summed E-state index contributed by atoms with van der Waals surface area (Å²) in [5.74, 6) is -0.299. The van der Waals surface area contributed by atoms with E-state index in [1.165, 1.54) is 18.2 Å². The van der Waals surface area contributed by atoms with Crippen LogP contribution in [0.3, 0.4) is 0 Å². The lowest BCUT2D eigenvalue weighted by Gasteiger charge is -2.08. The Morgan fingerprint density at radius 3 is 2.78 bits per heavy atom. The van der Waals surface area contributed by atoms with E-state index >= 15 is 0 Å². The average molecular weight is 273 g/mol. The van der Waals surface area contributed by atoms with Crippen LogP contribution in [0.2, 0.25) is 5.02 Å². The minimum Gasteiger partial charge on any atom is -0.392 e. The number of carbonyl (C=O) groups excluding carboxylic acids is 1. The second-order valence-electron chi connectivity index (χ2n) is 3.86. The summed E-state index contributed by atoms with van der Waals surface area (Å²) in [5, 5.41) is 22.2. The molecule has 0 heterocycles. The third-order valence-electron chi connectivity index (χ3n) is 2.19. The van der Waals surface area contributed by atoms with Crippen LogP contribution in [-0.2, 0) is 11.2 Å². The van der Waals surface area contributed by atoms with E-state index in [1.807, 2.05) is 0 Å². The van der Waals surface area contributed by atoms with E-state index in [-0.39, 0.29) is 29.6 Å². The summed E-state index contributed by atoms with van der Waals surface area (Å²) in [6, 6.07) is 3.95. The molecular formula is C11H13ClN2O4. The van der Waals surface area contributed by atoms with Crippen LogP contribution in [0.25, 0.3) is 0 Å². The first kappa shape index (κ1) is 14.4. The van der Waals surface area contributed by atoms with Crippen LogP contribution in [0.5, 0.6) is 0 Å². The van der Waals surface area contributed by atoms with E-state index in [0.29, 0.717) is 5.56 Å². The van der Waals surface area contributed by atoms with Crippen molar-refractivity contribution in [1.29, 1.82) is 0 Å². The maximum Gasteiger partial charge on any atom is 0.270 e. The molecule has 7 heteroatoms. The number of non-ortho nitro benzene ring substituents is 1. The molecule has 0 aromatic heterocycles. The number of aliphatic hydroxyl groups excluding tert-OH is 1. The molecule has 98 valence electrons. The maximum atomic E-state index is 11.5. The molecule has 0 aliphatic heterocycles. The molecular weight excluding hydrogens is 260 g/mol. The van der Waals surface area contributed by atoms with Crippen molar-refractivity contribution in [2.75, 3.05) is 6.54 Å². The normalized spacial score (nSPS) is 11.9. The lowest BCUT2D eigenvalue weighted by atomic mass is 10.1. The molecule has 0 radical (unpaired) electrons. The molecule has 0 bridgehead atoms. The Kier molecular flexibility index (Phi) is 5.06. The van der Waals surface area contributed by atoms with Crippen LogP contribution in [0, 0.1) is 10.1 Å². The summed E-state index contributed by atoms with van der Waals surface area (Å²) in [6.07, 6.45) is -0.606. The minimum absolute atomic E-state index is 0.0174. The Morgan fingerprint density at radius 1 is 1.61 bits per heavy atom. The Hall–Kier alpha value is -1.66. The van der Waals surface area contributed by atoms with Crippen LogP contribution < -0.4 is 5.32 Å². The number of nitro groups is 1. The second kappa shape index (κ2) is 6.32. The molecule has 0 aliphatic rings. The predicted molar refractivity (Wildman–Crippen MR) is 66.5 cm³/mol. The third-order valence-corrected chi connectivity index (χ3v) is 2.54. The summed E-state index contributed by atoms with van der Waals surface area (Å²) >= 11 is 5.85. The molecule has 6 nitrogen and oxygen atoms in total. The van der Waals surface area contributed by atoms with Crippen molar-refractivity contribution in [2.45, 2.75) is 19.4 Å². The van der Waals surface area contributed by atoms with E-state index in [2.05, 4.69) is 5.32 Å².